The number of rotatable bonds is 2. The molecular formula is C14H14FN5O2. The molecule has 0 amide bonds. The normalized spacial score (nSPS) is 17.2. The SMILES string of the molecule is CC1CCc2cc(F)ccc2N1c1ncnc(N)c1[N+](=O)[O-]. The quantitative estimate of drug-likeness (QED) is 0.676. The van der Waals surface area contributed by atoms with Crippen LogP contribution in [0, 0.1) is 15.9 Å². The van der Waals surface area contributed by atoms with Crippen LogP contribution in [-0.2, 0) is 6.42 Å². The molecule has 1 unspecified atom stereocenters. The van der Waals surface area contributed by atoms with Crippen molar-refractivity contribution >= 4 is 23.0 Å². The number of hydrogen-bond donors (Lipinski definition) is 1. The molecule has 22 heavy (non-hydrogen) atoms. The van der Waals surface area contributed by atoms with E-state index < -0.39 is 4.92 Å². The number of nitro groups is 1. The number of nitrogen functional groups attached to an aromatic ring is 1. The number of nitrogens with two attached hydrogens (primary N) is 1. The molecule has 1 aliphatic heterocycles. The zero-order valence-corrected chi connectivity index (χ0v) is 11.9. The van der Waals surface area contributed by atoms with Crippen LogP contribution >= 0.6 is 0 Å². The van der Waals surface area contributed by atoms with Crippen molar-refractivity contribution in [2.45, 2.75) is 25.8 Å². The van der Waals surface area contributed by atoms with Crippen molar-refractivity contribution in [1.29, 1.82) is 0 Å². The van der Waals surface area contributed by atoms with Crippen LogP contribution < -0.4 is 10.6 Å². The van der Waals surface area contributed by atoms with Crippen molar-refractivity contribution in [1.82, 2.24) is 9.97 Å². The first-order valence-corrected chi connectivity index (χ1v) is 6.81. The van der Waals surface area contributed by atoms with Gasteiger partial charge < -0.3 is 10.6 Å². The summed E-state index contributed by atoms with van der Waals surface area (Å²) < 4.78 is 13.4. The van der Waals surface area contributed by atoms with Crippen LogP contribution in [0.25, 0.3) is 0 Å². The number of benzene rings is 1. The third-order valence-corrected chi connectivity index (χ3v) is 3.82. The third-order valence-electron chi connectivity index (χ3n) is 3.82. The average molecular weight is 303 g/mol. The molecule has 114 valence electrons. The van der Waals surface area contributed by atoms with Gasteiger partial charge in [-0.05, 0) is 43.5 Å². The maximum Gasteiger partial charge on any atom is 0.353 e. The van der Waals surface area contributed by atoms with Gasteiger partial charge in [0.2, 0.25) is 11.6 Å². The molecule has 0 spiro atoms. The van der Waals surface area contributed by atoms with Crippen molar-refractivity contribution in [3.8, 4) is 0 Å². The maximum atomic E-state index is 13.4. The van der Waals surface area contributed by atoms with E-state index in [2.05, 4.69) is 9.97 Å². The minimum absolute atomic E-state index is 0.0223. The van der Waals surface area contributed by atoms with Crippen LogP contribution in [0.15, 0.2) is 24.5 Å². The summed E-state index contributed by atoms with van der Waals surface area (Å²) in [5.41, 5.74) is 6.82. The first kappa shape index (κ1) is 14.2. The second-order valence-corrected chi connectivity index (χ2v) is 5.22. The fraction of sp³-hybridized carbons (Fsp3) is 0.286. The first-order chi connectivity index (χ1) is 10.5. The Morgan fingerprint density at radius 1 is 1.45 bits per heavy atom. The van der Waals surface area contributed by atoms with E-state index in [9.17, 15) is 14.5 Å². The fourth-order valence-electron chi connectivity index (χ4n) is 2.78. The van der Waals surface area contributed by atoms with E-state index in [1.54, 1.807) is 11.0 Å². The van der Waals surface area contributed by atoms with Gasteiger partial charge in [0.15, 0.2) is 0 Å². The minimum atomic E-state index is -0.588. The fourth-order valence-corrected chi connectivity index (χ4v) is 2.78. The number of nitrogens with zero attached hydrogens (tertiary/aromatic N) is 4. The number of fused-ring (bicyclic) bond motifs is 1. The summed E-state index contributed by atoms with van der Waals surface area (Å²) in [6.45, 7) is 1.94. The Balaban J connectivity index is 2.21. The van der Waals surface area contributed by atoms with Crippen molar-refractivity contribution in [3.63, 3.8) is 0 Å². The maximum absolute atomic E-state index is 13.4. The highest BCUT2D eigenvalue weighted by Gasteiger charge is 2.32. The van der Waals surface area contributed by atoms with Crippen molar-refractivity contribution in [2.75, 3.05) is 10.6 Å². The van der Waals surface area contributed by atoms with E-state index in [0.717, 1.165) is 12.0 Å². The van der Waals surface area contributed by atoms with E-state index in [0.29, 0.717) is 12.1 Å². The van der Waals surface area contributed by atoms with Gasteiger partial charge in [0.05, 0.1) is 4.92 Å². The Kier molecular flexibility index (Phi) is 3.36. The van der Waals surface area contributed by atoms with E-state index in [-0.39, 0.29) is 29.2 Å². The molecule has 2 heterocycles. The first-order valence-electron chi connectivity index (χ1n) is 6.81. The monoisotopic (exact) mass is 303 g/mol. The summed E-state index contributed by atoms with van der Waals surface area (Å²) in [6, 6.07) is 4.37. The highest BCUT2D eigenvalue weighted by molar-refractivity contribution is 5.77. The predicted molar refractivity (Wildman–Crippen MR) is 79.4 cm³/mol. The Bertz CT molecular complexity index is 752. The van der Waals surface area contributed by atoms with Gasteiger partial charge in [0, 0.05) is 11.7 Å². The molecule has 0 bridgehead atoms. The van der Waals surface area contributed by atoms with E-state index in [1.165, 1.54) is 18.5 Å². The van der Waals surface area contributed by atoms with Crippen molar-refractivity contribution < 1.29 is 9.31 Å². The molecule has 7 nitrogen and oxygen atoms in total. The molecule has 2 aromatic rings. The highest BCUT2D eigenvalue weighted by atomic mass is 19.1. The number of halogens is 1. The number of aryl methyl sites for hydroxylation is 1. The smallest absolute Gasteiger partial charge is 0.353 e. The lowest BCUT2D eigenvalue weighted by molar-refractivity contribution is -0.383. The van der Waals surface area contributed by atoms with Gasteiger partial charge in [-0.15, -0.1) is 0 Å². The lowest BCUT2D eigenvalue weighted by atomic mass is 9.96. The molecule has 3 rings (SSSR count). The van der Waals surface area contributed by atoms with Gasteiger partial charge in [-0.2, -0.15) is 0 Å². The largest absolute Gasteiger partial charge is 0.378 e. The van der Waals surface area contributed by atoms with Crippen LogP contribution in [0.4, 0.5) is 27.4 Å². The highest BCUT2D eigenvalue weighted by Crippen LogP contribution is 2.41. The second-order valence-electron chi connectivity index (χ2n) is 5.22. The molecule has 1 atom stereocenters. The summed E-state index contributed by atoms with van der Waals surface area (Å²) in [4.78, 5) is 20.2. The van der Waals surface area contributed by atoms with Crippen LogP contribution in [-0.4, -0.2) is 20.9 Å². The number of aromatic nitrogens is 2. The van der Waals surface area contributed by atoms with Crippen LogP contribution in [0.2, 0.25) is 0 Å². The third kappa shape index (κ3) is 2.22. The standard InChI is InChI=1S/C14H14FN5O2/c1-8-2-3-9-6-10(15)4-5-11(9)19(8)14-12(20(21)22)13(16)17-7-18-14/h4-8H,2-3H2,1H3,(H2,16,17,18). The molecule has 1 aliphatic rings. The summed E-state index contributed by atoms with van der Waals surface area (Å²) in [5, 5.41) is 11.3. The van der Waals surface area contributed by atoms with Crippen LogP contribution in [0.1, 0.15) is 18.9 Å². The summed E-state index contributed by atoms with van der Waals surface area (Å²) >= 11 is 0. The minimum Gasteiger partial charge on any atom is -0.378 e. The van der Waals surface area contributed by atoms with Crippen LogP contribution in [0.5, 0.6) is 0 Å². The molecular weight excluding hydrogens is 289 g/mol. The molecule has 1 aromatic carbocycles. The number of anilines is 3. The summed E-state index contributed by atoms with van der Waals surface area (Å²) in [6.07, 6.45) is 2.64. The Morgan fingerprint density at radius 2 is 2.23 bits per heavy atom. The zero-order valence-electron chi connectivity index (χ0n) is 11.9. The Morgan fingerprint density at radius 3 is 2.95 bits per heavy atom. The molecule has 8 heteroatoms. The summed E-state index contributed by atoms with van der Waals surface area (Å²) in [7, 11) is 0. The summed E-state index contributed by atoms with van der Waals surface area (Å²) in [5.74, 6) is -0.376. The van der Waals surface area contributed by atoms with Crippen molar-refractivity contribution in [2.24, 2.45) is 0 Å². The van der Waals surface area contributed by atoms with Gasteiger partial charge in [-0.1, -0.05) is 0 Å². The lowest BCUT2D eigenvalue weighted by Gasteiger charge is -2.35. The van der Waals surface area contributed by atoms with E-state index in [1.807, 2.05) is 6.92 Å². The van der Waals surface area contributed by atoms with E-state index >= 15 is 0 Å². The van der Waals surface area contributed by atoms with Crippen molar-refractivity contribution in [3.05, 3.63) is 46.0 Å². The van der Waals surface area contributed by atoms with Gasteiger partial charge in [-0.3, -0.25) is 10.1 Å². The van der Waals surface area contributed by atoms with Gasteiger partial charge in [0.25, 0.3) is 0 Å². The number of hydrogen-bond acceptors (Lipinski definition) is 6. The van der Waals surface area contributed by atoms with E-state index in [4.69, 9.17) is 5.73 Å². The molecule has 2 N–H and O–H groups in total. The molecule has 0 fully saturated rings. The predicted octanol–water partition coefficient (Wildman–Crippen LogP) is 2.58. The van der Waals surface area contributed by atoms with Gasteiger partial charge in [-0.25, -0.2) is 14.4 Å². The van der Waals surface area contributed by atoms with Crippen LogP contribution in [0.3, 0.4) is 0 Å². The molecule has 0 saturated carbocycles. The Hall–Kier alpha value is -2.77. The average Bonchev–Trinajstić information content (AvgIpc) is 2.46. The Labute approximate surface area is 125 Å². The molecule has 1 aromatic heterocycles. The van der Waals surface area contributed by atoms with Gasteiger partial charge >= 0.3 is 5.69 Å². The zero-order chi connectivity index (χ0) is 15.9. The second kappa shape index (κ2) is 5.21. The lowest BCUT2D eigenvalue weighted by Crippen LogP contribution is -2.34. The molecule has 0 aliphatic carbocycles. The molecule has 0 radical (unpaired) electrons. The molecule has 0 saturated heterocycles. The van der Waals surface area contributed by atoms with Gasteiger partial charge in [0.1, 0.15) is 12.1 Å². The topological polar surface area (TPSA) is 98.2 Å².